The van der Waals surface area contributed by atoms with Crippen LogP contribution in [0.15, 0.2) is 29.3 Å². The molecule has 0 unspecified atom stereocenters. The zero-order valence-corrected chi connectivity index (χ0v) is 8.73. The Morgan fingerprint density at radius 3 is 2.73 bits per heavy atom. The van der Waals surface area contributed by atoms with Crippen LogP contribution in [0.25, 0.3) is 0 Å². The molecule has 0 spiro atoms. The fourth-order valence-corrected chi connectivity index (χ4v) is 1.65. The van der Waals surface area contributed by atoms with Crippen molar-refractivity contribution >= 4 is 11.9 Å². The van der Waals surface area contributed by atoms with Crippen LogP contribution in [0.3, 0.4) is 0 Å². The molecular weight excluding hydrogens is 188 g/mol. The Kier molecular flexibility index (Phi) is 3.35. The van der Waals surface area contributed by atoms with Crippen molar-refractivity contribution in [3.05, 3.63) is 29.8 Å². The molecule has 80 valence electrons. The number of nitrogen functional groups attached to an aromatic ring is 1. The molecule has 1 fully saturated rings. The Hall–Kier alpha value is -1.35. The molecule has 1 aliphatic rings. The summed E-state index contributed by atoms with van der Waals surface area (Å²) in [7, 11) is 0. The van der Waals surface area contributed by atoms with E-state index in [-0.39, 0.29) is 0 Å². The van der Waals surface area contributed by atoms with E-state index in [0.29, 0.717) is 6.04 Å². The molecule has 1 aromatic rings. The van der Waals surface area contributed by atoms with Gasteiger partial charge in [-0.15, -0.1) is 0 Å². The van der Waals surface area contributed by atoms with Crippen LogP contribution in [0.5, 0.6) is 0 Å². The first-order valence-electron chi connectivity index (χ1n) is 5.31. The highest BCUT2D eigenvalue weighted by atomic mass is 16.5. The topological polar surface area (TPSA) is 47.6 Å². The largest absolute Gasteiger partial charge is 0.398 e. The quantitative estimate of drug-likeness (QED) is 0.590. The third kappa shape index (κ3) is 2.80. The van der Waals surface area contributed by atoms with Crippen LogP contribution < -0.4 is 5.73 Å². The second kappa shape index (κ2) is 4.94. The van der Waals surface area contributed by atoms with Gasteiger partial charge in [-0.25, -0.2) is 0 Å². The van der Waals surface area contributed by atoms with Gasteiger partial charge in [-0.05, 0) is 18.9 Å². The number of aliphatic imine (C=N–C) groups is 1. The lowest BCUT2D eigenvalue weighted by atomic mass is 10.1. The smallest absolute Gasteiger partial charge is 0.0543 e. The molecule has 0 radical (unpaired) electrons. The van der Waals surface area contributed by atoms with Crippen molar-refractivity contribution in [2.45, 2.75) is 18.9 Å². The van der Waals surface area contributed by atoms with Gasteiger partial charge in [0.25, 0.3) is 0 Å². The van der Waals surface area contributed by atoms with Gasteiger partial charge in [0.1, 0.15) is 0 Å². The monoisotopic (exact) mass is 204 g/mol. The van der Waals surface area contributed by atoms with Gasteiger partial charge in [0.05, 0.1) is 6.04 Å². The van der Waals surface area contributed by atoms with Crippen LogP contribution in [-0.2, 0) is 4.74 Å². The summed E-state index contributed by atoms with van der Waals surface area (Å²) in [6.07, 6.45) is 3.91. The normalized spacial score (nSPS) is 18.4. The highest BCUT2D eigenvalue weighted by molar-refractivity contribution is 5.86. The van der Waals surface area contributed by atoms with Gasteiger partial charge in [-0.2, -0.15) is 0 Å². The molecule has 2 rings (SSSR count). The Morgan fingerprint density at radius 2 is 2.00 bits per heavy atom. The first kappa shape index (κ1) is 10.2. The van der Waals surface area contributed by atoms with E-state index < -0.39 is 0 Å². The van der Waals surface area contributed by atoms with Crippen LogP contribution in [0.1, 0.15) is 18.4 Å². The minimum absolute atomic E-state index is 0.401. The van der Waals surface area contributed by atoms with Crippen molar-refractivity contribution in [1.82, 2.24) is 0 Å². The van der Waals surface area contributed by atoms with Gasteiger partial charge in [-0.3, -0.25) is 4.99 Å². The van der Waals surface area contributed by atoms with Crippen LogP contribution >= 0.6 is 0 Å². The first-order chi connectivity index (χ1) is 7.36. The maximum absolute atomic E-state index is 5.82. The summed E-state index contributed by atoms with van der Waals surface area (Å²) in [5, 5.41) is 0. The fraction of sp³-hybridized carbons (Fsp3) is 0.417. The molecular formula is C12H16N2O. The lowest BCUT2D eigenvalue weighted by Crippen LogP contribution is -2.18. The Labute approximate surface area is 90.0 Å². The van der Waals surface area contributed by atoms with Crippen molar-refractivity contribution in [3.63, 3.8) is 0 Å². The van der Waals surface area contributed by atoms with Crippen molar-refractivity contribution in [2.24, 2.45) is 4.99 Å². The molecule has 1 aromatic carbocycles. The molecule has 0 saturated carbocycles. The van der Waals surface area contributed by atoms with E-state index >= 15 is 0 Å². The summed E-state index contributed by atoms with van der Waals surface area (Å²) in [4.78, 5) is 4.53. The van der Waals surface area contributed by atoms with Crippen LogP contribution in [0.4, 0.5) is 5.69 Å². The van der Waals surface area contributed by atoms with E-state index in [1.54, 1.807) is 0 Å². The molecule has 1 heterocycles. The van der Waals surface area contributed by atoms with Crippen LogP contribution in [0.2, 0.25) is 0 Å². The molecule has 15 heavy (non-hydrogen) atoms. The number of ether oxygens (including phenoxy) is 1. The van der Waals surface area contributed by atoms with Gasteiger partial charge >= 0.3 is 0 Å². The number of rotatable bonds is 2. The van der Waals surface area contributed by atoms with Gasteiger partial charge in [0.15, 0.2) is 0 Å². The van der Waals surface area contributed by atoms with E-state index in [1.807, 2.05) is 30.5 Å². The van der Waals surface area contributed by atoms with Crippen molar-refractivity contribution in [3.8, 4) is 0 Å². The Morgan fingerprint density at radius 1 is 1.27 bits per heavy atom. The zero-order chi connectivity index (χ0) is 10.5. The number of nitrogens with zero attached hydrogens (tertiary/aromatic N) is 1. The number of para-hydroxylation sites is 1. The molecule has 1 aliphatic heterocycles. The highest BCUT2D eigenvalue weighted by Crippen LogP contribution is 2.12. The zero-order valence-electron chi connectivity index (χ0n) is 8.73. The summed E-state index contributed by atoms with van der Waals surface area (Å²) < 4.78 is 5.28. The van der Waals surface area contributed by atoms with Crippen molar-refractivity contribution in [1.29, 1.82) is 0 Å². The number of hydrogen-bond donors (Lipinski definition) is 1. The van der Waals surface area contributed by atoms with E-state index in [1.165, 1.54) is 0 Å². The molecule has 3 nitrogen and oxygen atoms in total. The number of anilines is 1. The van der Waals surface area contributed by atoms with E-state index in [9.17, 15) is 0 Å². The summed E-state index contributed by atoms with van der Waals surface area (Å²) in [6.45, 7) is 1.65. The molecule has 3 heteroatoms. The standard InChI is InChI=1S/C12H16N2O/c13-12-4-2-1-3-10(12)9-14-11-5-7-15-8-6-11/h1-4,9,11H,5-8,13H2. The maximum atomic E-state index is 5.82. The molecule has 0 aromatic heterocycles. The predicted molar refractivity (Wildman–Crippen MR) is 62.3 cm³/mol. The molecule has 0 aliphatic carbocycles. The predicted octanol–water partition coefficient (Wildman–Crippen LogP) is 1.87. The number of hydrogen-bond acceptors (Lipinski definition) is 3. The van der Waals surface area contributed by atoms with Gasteiger partial charge in [0, 0.05) is 30.7 Å². The van der Waals surface area contributed by atoms with Gasteiger partial charge in [0.2, 0.25) is 0 Å². The van der Waals surface area contributed by atoms with Crippen LogP contribution in [-0.4, -0.2) is 25.5 Å². The average Bonchev–Trinajstić information content (AvgIpc) is 2.29. The van der Waals surface area contributed by atoms with E-state index in [0.717, 1.165) is 37.3 Å². The fourth-order valence-electron chi connectivity index (χ4n) is 1.65. The number of nitrogens with two attached hydrogens (primary N) is 1. The van der Waals surface area contributed by atoms with Crippen molar-refractivity contribution in [2.75, 3.05) is 18.9 Å². The minimum atomic E-state index is 0.401. The maximum Gasteiger partial charge on any atom is 0.0543 e. The summed E-state index contributed by atoms with van der Waals surface area (Å²) in [5.41, 5.74) is 7.61. The molecule has 0 bridgehead atoms. The second-order valence-electron chi connectivity index (χ2n) is 3.75. The van der Waals surface area contributed by atoms with Gasteiger partial charge in [-0.1, -0.05) is 18.2 Å². The summed E-state index contributed by atoms with van der Waals surface area (Å²) in [6, 6.07) is 8.19. The van der Waals surface area contributed by atoms with Crippen molar-refractivity contribution < 1.29 is 4.74 Å². The Balaban J connectivity index is 2.01. The van der Waals surface area contributed by atoms with Crippen LogP contribution in [0, 0.1) is 0 Å². The van der Waals surface area contributed by atoms with E-state index in [2.05, 4.69) is 4.99 Å². The summed E-state index contributed by atoms with van der Waals surface area (Å²) >= 11 is 0. The third-order valence-electron chi connectivity index (χ3n) is 2.61. The third-order valence-corrected chi connectivity index (χ3v) is 2.61. The average molecular weight is 204 g/mol. The number of benzene rings is 1. The lowest BCUT2D eigenvalue weighted by Gasteiger charge is -2.17. The second-order valence-corrected chi connectivity index (χ2v) is 3.75. The Bertz CT molecular complexity index is 343. The molecule has 1 saturated heterocycles. The first-order valence-corrected chi connectivity index (χ1v) is 5.31. The SMILES string of the molecule is Nc1ccccc1C=NC1CCOCC1. The lowest BCUT2D eigenvalue weighted by molar-refractivity contribution is 0.0872. The summed E-state index contributed by atoms with van der Waals surface area (Å²) in [5.74, 6) is 0. The van der Waals surface area contributed by atoms with E-state index in [4.69, 9.17) is 10.5 Å². The molecule has 0 atom stereocenters. The molecule has 0 amide bonds. The highest BCUT2D eigenvalue weighted by Gasteiger charge is 2.11. The molecule has 2 N–H and O–H groups in total. The van der Waals surface area contributed by atoms with Gasteiger partial charge < -0.3 is 10.5 Å². The minimum Gasteiger partial charge on any atom is -0.398 e.